The zero-order valence-corrected chi connectivity index (χ0v) is 11.3. The molecule has 0 aliphatic carbocycles. The molecule has 1 rings (SSSR count). The van der Waals surface area contributed by atoms with Gasteiger partial charge in [0.05, 0.1) is 6.61 Å². The molecule has 0 aliphatic heterocycles. The van der Waals surface area contributed by atoms with E-state index in [1.165, 1.54) is 17.5 Å². The van der Waals surface area contributed by atoms with E-state index in [0.29, 0.717) is 0 Å². The molecule has 90 valence electrons. The van der Waals surface area contributed by atoms with Crippen LogP contribution in [0.15, 0.2) is 18.2 Å². The summed E-state index contributed by atoms with van der Waals surface area (Å²) in [5.41, 5.74) is 2.82. The summed E-state index contributed by atoms with van der Waals surface area (Å²) in [6, 6.07) is 6.52. The third-order valence-electron chi connectivity index (χ3n) is 2.80. The maximum Gasteiger partial charge on any atom is 0.122 e. The predicted octanol–water partition coefficient (Wildman–Crippen LogP) is 4.47. The van der Waals surface area contributed by atoms with Crippen molar-refractivity contribution in [2.75, 3.05) is 6.61 Å². The summed E-state index contributed by atoms with van der Waals surface area (Å²) in [5, 5.41) is 0. The van der Waals surface area contributed by atoms with E-state index in [1.807, 2.05) is 0 Å². The van der Waals surface area contributed by atoms with E-state index in [4.69, 9.17) is 4.74 Å². The molecule has 0 spiro atoms. The first-order valence-corrected chi connectivity index (χ1v) is 6.19. The van der Waals surface area contributed by atoms with Crippen LogP contribution >= 0.6 is 0 Å². The third-order valence-corrected chi connectivity index (χ3v) is 2.80. The van der Waals surface area contributed by atoms with Gasteiger partial charge in [0.25, 0.3) is 0 Å². The van der Waals surface area contributed by atoms with Gasteiger partial charge in [0, 0.05) is 0 Å². The monoisotopic (exact) mass is 220 g/mol. The highest BCUT2D eigenvalue weighted by Gasteiger charge is 2.14. The molecule has 0 saturated heterocycles. The van der Waals surface area contributed by atoms with Gasteiger partial charge in [0.15, 0.2) is 0 Å². The molecule has 0 N–H and O–H groups in total. The van der Waals surface area contributed by atoms with Gasteiger partial charge >= 0.3 is 0 Å². The van der Waals surface area contributed by atoms with Gasteiger partial charge in [0.2, 0.25) is 0 Å². The van der Waals surface area contributed by atoms with Gasteiger partial charge in [-0.2, -0.15) is 0 Å². The van der Waals surface area contributed by atoms with E-state index >= 15 is 0 Å². The summed E-state index contributed by atoms with van der Waals surface area (Å²) >= 11 is 0. The summed E-state index contributed by atoms with van der Waals surface area (Å²) in [7, 11) is 0. The van der Waals surface area contributed by atoms with Gasteiger partial charge in [-0.25, -0.2) is 0 Å². The first-order valence-electron chi connectivity index (χ1n) is 6.19. The van der Waals surface area contributed by atoms with Crippen LogP contribution in [0.1, 0.15) is 51.7 Å². The van der Waals surface area contributed by atoms with Crippen molar-refractivity contribution in [1.29, 1.82) is 0 Å². The number of hydrogen-bond acceptors (Lipinski definition) is 1. The van der Waals surface area contributed by atoms with E-state index in [-0.39, 0.29) is 5.41 Å². The zero-order chi connectivity index (χ0) is 12.2. The molecule has 0 amide bonds. The predicted molar refractivity (Wildman–Crippen MR) is 70.3 cm³/mol. The van der Waals surface area contributed by atoms with Crippen LogP contribution in [0.2, 0.25) is 0 Å². The summed E-state index contributed by atoms with van der Waals surface area (Å²) in [5.74, 6) is 1.03. The Bertz CT molecular complexity index is 334. The molecule has 0 saturated carbocycles. The number of hydrogen-bond donors (Lipinski definition) is 0. The van der Waals surface area contributed by atoms with Crippen molar-refractivity contribution in [3.8, 4) is 5.75 Å². The van der Waals surface area contributed by atoms with Crippen LogP contribution < -0.4 is 4.74 Å². The fraction of sp³-hybridized carbons (Fsp3) is 0.600. The molecule has 0 radical (unpaired) electrons. The van der Waals surface area contributed by atoms with Gasteiger partial charge in [-0.1, -0.05) is 46.2 Å². The maximum absolute atomic E-state index is 5.74. The van der Waals surface area contributed by atoms with Crippen LogP contribution in [0.25, 0.3) is 0 Å². The average molecular weight is 220 g/mol. The molecular formula is C15H24O. The average Bonchev–Trinajstić information content (AvgIpc) is 2.19. The lowest BCUT2D eigenvalue weighted by Gasteiger charge is -2.20. The van der Waals surface area contributed by atoms with Crippen LogP contribution in [0, 0.1) is 6.92 Å². The second-order valence-electron chi connectivity index (χ2n) is 5.43. The Kier molecular flexibility index (Phi) is 4.40. The van der Waals surface area contributed by atoms with Gasteiger partial charge < -0.3 is 4.74 Å². The standard InChI is InChI=1S/C15H24O/c1-6-7-10-16-14-9-8-13(11-12(14)2)15(3,4)5/h8-9,11H,6-7,10H2,1-5H3. The fourth-order valence-corrected chi connectivity index (χ4v) is 1.60. The Balaban J connectivity index is 2.76. The molecule has 1 nitrogen and oxygen atoms in total. The number of aryl methyl sites for hydroxylation is 1. The van der Waals surface area contributed by atoms with Crippen molar-refractivity contribution in [2.45, 2.75) is 52.9 Å². The molecule has 16 heavy (non-hydrogen) atoms. The normalized spacial score (nSPS) is 11.6. The van der Waals surface area contributed by atoms with E-state index in [9.17, 15) is 0 Å². The van der Waals surface area contributed by atoms with Crippen LogP contribution in [-0.4, -0.2) is 6.61 Å². The Morgan fingerprint density at radius 1 is 1.19 bits per heavy atom. The molecule has 0 bridgehead atoms. The summed E-state index contributed by atoms with van der Waals surface area (Å²) in [4.78, 5) is 0. The zero-order valence-electron chi connectivity index (χ0n) is 11.3. The van der Waals surface area contributed by atoms with Gasteiger partial charge in [0.1, 0.15) is 5.75 Å². The summed E-state index contributed by atoms with van der Waals surface area (Å²) in [6.45, 7) is 11.8. The summed E-state index contributed by atoms with van der Waals surface area (Å²) < 4.78 is 5.74. The second kappa shape index (κ2) is 5.38. The van der Waals surface area contributed by atoms with Gasteiger partial charge in [-0.05, 0) is 36.0 Å². The smallest absolute Gasteiger partial charge is 0.122 e. The van der Waals surface area contributed by atoms with E-state index in [0.717, 1.165) is 18.8 Å². The summed E-state index contributed by atoms with van der Waals surface area (Å²) in [6.07, 6.45) is 2.31. The second-order valence-corrected chi connectivity index (χ2v) is 5.43. The molecule has 0 aromatic heterocycles. The van der Waals surface area contributed by atoms with Gasteiger partial charge in [-0.3, -0.25) is 0 Å². The number of rotatable bonds is 4. The molecule has 0 heterocycles. The Morgan fingerprint density at radius 2 is 1.88 bits per heavy atom. The highest BCUT2D eigenvalue weighted by atomic mass is 16.5. The largest absolute Gasteiger partial charge is 0.493 e. The maximum atomic E-state index is 5.74. The van der Waals surface area contributed by atoms with Crippen molar-refractivity contribution in [3.05, 3.63) is 29.3 Å². The van der Waals surface area contributed by atoms with Gasteiger partial charge in [-0.15, -0.1) is 0 Å². The Hall–Kier alpha value is -0.980. The molecule has 1 aromatic rings. The number of benzene rings is 1. The van der Waals surface area contributed by atoms with Crippen molar-refractivity contribution in [3.63, 3.8) is 0 Å². The minimum Gasteiger partial charge on any atom is -0.493 e. The highest BCUT2D eigenvalue weighted by Crippen LogP contribution is 2.27. The molecule has 1 heteroatoms. The minimum atomic E-state index is 0.215. The molecule has 0 aliphatic rings. The lowest BCUT2D eigenvalue weighted by molar-refractivity contribution is 0.307. The minimum absolute atomic E-state index is 0.215. The van der Waals surface area contributed by atoms with Crippen molar-refractivity contribution < 1.29 is 4.74 Å². The van der Waals surface area contributed by atoms with Crippen molar-refractivity contribution in [2.24, 2.45) is 0 Å². The lowest BCUT2D eigenvalue weighted by atomic mass is 9.86. The third kappa shape index (κ3) is 3.55. The molecule has 1 aromatic carbocycles. The molecular weight excluding hydrogens is 196 g/mol. The van der Waals surface area contributed by atoms with Crippen LogP contribution in [-0.2, 0) is 5.41 Å². The first kappa shape index (κ1) is 13.1. The van der Waals surface area contributed by atoms with Crippen molar-refractivity contribution >= 4 is 0 Å². The fourth-order valence-electron chi connectivity index (χ4n) is 1.60. The van der Waals surface area contributed by atoms with Crippen LogP contribution in [0.4, 0.5) is 0 Å². The Labute approximate surface area is 99.8 Å². The quantitative estimate of drug-likeness (QED) is 0.680. The first-order chi connectivity index (χ1) is 7.45. The SMILES string of the molecule is CCCCOc1ccc(C(C)(C)C)cc1C. The van der Waals surface area contributed by atoms with Crippen LogP contribution in [0.5, 0.6) is 5.75 Å². The van der Waals surface area contributed by atoms with E-state index in [2.05, 4.69) is 52.8 Å². The molecule has 0 atom stereocenters. The molecule has 0 fully saturated rings. The highest BCUT2D eigenvalue weighted by molar-refractivity contribution is 5.38. The van der Waals surface area contributed by atoms with Crippen molar-refractivity contribution in [1.82, 2.24) is 0 Å². The lowest BCUT2D eigenvalue weighted by Crippen LogP contribution is -2.11. The topological polar surface area (TPSA) is 9.23 Å². The van der Waals surface area contributed by atoms with Crippen LogP contribution in [0.3, 0.4) is 0 Å². The van der Waals surface area contributed by atoms with E-state index < -0.39 is 0 Å². The number of unbranched alkanes of at least 4 members (excludes halogenated alkanes) is 1. The number of ether oxygens (including phenoxy) is 1. The Morgan fingerprint density at radius 3 is 2.38 bits per heavy atom. The van der Waals surface area contributed by atoms with E-state index in [1.54, 1.807) is 0 Å². The molecule has 0 unspecified atom stereocenters.